The zero-order valence-corrected chi connectivity index (χ0v) is 14.1. The van der Waals surface area contributed by atoms with Gasteiger partial charge in [0.15, 0.2) is 0 Å². The maximum Gasteiger partial charge on any atom is 0.336 e. The lowest BCUT2D eigenvalue weighted by Gasteiger charge is -2.12. The zero-order valence-electron chi connectivity index (χ0n) is 14.1. The minimum atomic E-state index is -0.425. The van der Waals surface area contributed by atoms with Crippen LogP contribution in [0.25, 0.3) is 22.2 Å². The summed E-state index contributed by atoms with van der Waals surface area (Å²) in [5.74, 6) is 1.33. The monoisotopic (exact) mass is 348 g/mol. The molecule has 6 nitrogen and oxygen atoms in total. The highest BCUT2D eigenvalue weighted by Gasteiger charge is 2.11. The van der Waals surface area contributed by atoms with Crippen molar-refractivity contribution in [1.29, 1.82) is 0 Å². The molecule has 2 aromatic carbocycles. The molecule has 0 spiro atoms. The molecule has 0 fully saturated rings. The number of aromatic amines is 1. The Kier molecular flexibility index (Phi) is 4.15. The average molecular weight is 348 g/mol. The van der Waals surface area contributed by atoms with E-state index in [4.69, 9.17) is 13.9 Å². The molecule has 130 valence electrons. The number of ether oxygens (including phenoxy) is 2. The molecule has 0 aliphatic carbocycles. The van der Waals surface area contributed by atoms with Gasteiger partial charge in [0.05, 0.1) is 25.3 Å². The lowest BCUT2D eigenvalue weighted by molar-refractivity contribution is 0.308. The van der Waals surface area contributed by atoms with Crippen LogP contribution in [0.2, 0.25) is 0 Å². The highest BCUT2D eigenvalue weighted by Crippen LogP contribution is 2.29. The molecule has 0 aliphatic rings. The summed E-state index contributed by atoms with van der Waals surface area (Å²) < 4.78 is 16.5. The van der Waals surface area contributed by atoms with Gasteiger partial charge in [-0.25, -0.2) is 9.78 Å². The topological polar surface area (TPSA) is 77.4 Å². The molecule has 0 unspecified atom stereocenters. The van der Waals surface area contributed by atoms with Crippen LogP contribution in [0.3, 0.4) is 0 Å². The SMILES string of the molecule is COc1ccc2c(COc3ccccc3-c3cnc[nH]3)cc(=O)oc2c1. The van der Waals surface area contributed by atoms with Crippen LogP contribution < -0.4 is 15.1 Å². The second-order valence-corrected chi connectivity index (χ2v) is 5.70. The summed E-state index contributed by atoms with van der Waals surface area (Å²) in [6.45, 7) is 0.236. The summed E-state index contributed by atoms with van der Waals surface area (Å²) in [7, 11) is 1.57. The van der Waals surface area contributed by atoms with Crippen LogP contribution in [0, 0.1) is 0 Å². The summed E-state index contributed by atoms with van der Waals surface area (Å²) in [5.41, 5.74) is 2.56. The van der Waals surface area contributed by atoms with E-state index >= 15 is 0 Å². The fourth-order valence-corrected chi connectivity index (χ4v) is 2.83. The zero-order chi connectivity index (χ0) is 17.9. The molecule has 2 heterocycles. The smallest absolute Gasteiger partial charge is 0.336 e. The van der Waals surface area contributed by atoms with Crippen LogP contribution >= 0.6 is 0 Å². The Hall–Kier alpha value is -3.54. The number of hydrogen-bond acceptors (Lipinski definition) is 5. The fourth-order valence-electron chi connectivity index (χ4n) is 2.83. The van der Waals surface area contributed by atoms with Gasteiger partial charge in [0.25, 0.3) is 0 Å². The number of benzene rings is 2. The number of hydrogen-bond donors (Lipinski definition) is 1. The standard InChI is InChI=1S/C20H16N2O4/c1-24-14-6-7-15-13(8-20(23)26-19(15)9-14)11-25-18-5-3-2-4-16(18)17-10-21-12-22-17/h2-10,12H,11H2,1H3,(H,21,22). The van der Waals surface area contributed by atoms with E-state index in [0.717, 1.165) is 22.2 Å². The number of rotatable bonds is 5. The summed E-state index contributed by atoms with van der Waals surface area (Å²) in [6.07, 6.45) is 3.36. The van der Waals surface area contributed by atoms with Crippen LogP contribution in [0.1, 0.15) is 5.56 Å². The summed E-state index contributed by atoms with van der Waals surface area (Å²) in [6, 6.07) is 14.5. The first-order valence-electron chi connectivity index (χ1n) is 8.06. The van der Waals surface area contributed by atoms with Crippen molar-refractivity contribution >= 4 is 11.0 Å². The van der Waals surface area contributed by atoms with Gasteiger partial charge in [-0.15, -0.1) is 0 Å². The predicted molar refractivity (Wildman–Crippen MR) is 97.4 cm³/mol. The lowest BCUT2D eigenvalue weighted by Crippen LogP contribution is -2.04. The minimum absolute atomic E-state index is 0.236. The second kappa shape index (κ2) is 6.76. The van der Waals surface area contributed by atoms with Crippen molar-refractivity contribution in [3.63, 3.8) is 0 Å². The van der Waals surface area contributed by atoms with Crippen LogP contribution in [0.15, 0.2) is 70.3 Å². The van der Waals surface area contributed by atoms with E-state index in [1.807, 2.05) is 36.4 Å². The van der Waals surface area contributed by atoms with Gasteiger partial charge in [-0.1, -0.05) is 12.1 Å². The van der Waals surface area contributed by atoms with Crippen LogP contribution in [0.4, 0.5) is 0 Å². The Morgan fingerprint density at radius 2 is 2.04 bits per heavy atom. The van der Waals surface area contributed by atoms with Crippen molar-refractivity contribution in [3.05, 3.63) is 77.0 Å². The lowest BCUT2D eigenvalue weighted by atomic mass is 10.1. The van der Waals surface area contributed by atoms with Gasteiger partial charge in [0.1, 0.15) is 23.7 Å². The summed E-state index contributed by atoms with van der Waals surface area (Å²) in [4.78, 5) is 19.0. The average Bonchev–Trinajstić information content (AvgIpc) is 3.20. The molecule has 0 atom stereocenters. The molecular formula is C20H16N2O4. The van der Waals surface area contributed by atoms with E-state index in [0.29, 0.717) is 17.1 Å². The Bertz CT molecular complexity index is 1100. The Morgan fingerprint density at radius 3 is 2.85 bits per heavy atom. The van der Waals surface area contributed by atoms with Crippen molar-refractivity contribution in [3.8, 4) is 22.8 Å². The predicted octanol–water partition coefficient (Wildman–Crippen LogP) is 3.77. The highest BCUT2D eigenvalue weighted by atomic mass is 16.5. The molecule has 0 radical (unpaired) electrons. The third-order valence-corrected chi connectivity index (χ3v) is 4.10. The quantitative estimate of drug-likeness (QED) is 0.556. The minimum Gasteiger partial charge on any atom is -0.497 e. The molecule has 2 aromatic heterocycles. The molecule has 4 aromatic rings. The number of nitrogens with one attached hydrogen (secondary N) is 1. The van der Waals surface area contributed by atoms with E-state index in [2.05, 4.69) is 9.97 Å². The third kappa shape index (κ3) is 3.04. The van der Waals surface area contributed by atoms with E-state index in [1.54, 1.807) is 25.7 Å². The first kappa shape index (κ1) is 16.0. The van der Waals surface area contributed by atoms with Gasteiger partial charge >= 0.3 is 5.63 Å². The largest absolute Gasteiger partial charge is 0.497 e. The van der Waals surface area contributed by atoms with Crippen molar-refractivity contribution < 1.29 is 13.9 Å². The maximum atomic E-state index is 11.9. The molecule has 0 bridgehead atoms. The first-order chi connectivity index (χ1) is 12.7. The second-order valence-electron chi connectivity index (χ2n) is 5.70. The highest BCUT2D eigenvalue weighted by molar-refractivity contribution is 5.81. The van der Waals surface area contributed by atoms with Gasteiger partial charge in [-0.2, -0.15) is 0 Å². The Labute approximate surface area is 149 Å². The molecule has 0 saturated carbocycles. The fraction of sp³-hybridized carbons (Fsp3) is 0.100. The maximum absolute atomic E-state index is 11.9. The third-order valence-electron chi connectivity index (χ3n) is 4.10. The first-order valence-corrected chi connectivity index (χ1v) is 8.06. The van der Waals surface area contributed by atoms with Gasteiger partial charge in [0.2, 0.25) is 0 Å². The molecule has 0 saturated heterocycles. The Morgan fingerprint density at radius 1 is 1.15 bits per heavy atom. The number of fused-ring (bicyclic) bond motifs is 1. The molecule has 4 rings (SSSR count). The van der Waals surface area contributed by atoms with Crippen LogP contribution in [0.5, 0.6) is 11.5 Å². The van der Waals surface area contributed by atoms with Gasteiger partial charge < -0.3 is 18.9 Å². The van der Waals surface area contributed by atoms with Crippen LogP contribution in [-0.2, 0) is 6.61 Å². The van der Waals surface area contributed by atoms with Crippen molar-refractivity contribution in [2.75, 3.05) is 7.11 Å². The van der Waals surface area contributed by atoms with Crippen molar-refractivity contribution in [1.82, 2.24) is 9.97 Å². The Balaban J connectivity index is 1.68. The van der Waals surface area contributed by atoms with Crippen molar-refractivity contribution in [2.24, 2.45) is 0 Å². The van der Waals surface area contributed by atoms with E-state index in [1.165, 1.54) is 6.07 Å². The van der Waals surface area contributed by atoms with Gasteiger partial charge in [-0.3, -0.25) is 0 Å². The number of H-pyrrole nitrogens is 1. The molecule has 0 aliphatic heterocycles. The number of imidazole rings is 1. The molecule has 1 N–H and O–H groups in total. The summed E-state index contributed by atoms with van der Waals surface area (Å²) >= 11 is 0. The van der Waals surface area contributed by atoms with E-state index in [-0.39, 0.29) is 6.61 Å². The molecule has 6 heteroatoms. The van der Waals surface area contributed by atoms with Crippen LogP contribution in [-0.4, -0.2) is 17.1 Å². The number of methoxy groups -OCH3 is 1. The van der Waals surface area contributed by atoms with E-state index in [9.17, 15) is 4.79 Å². The van der Waals surface area contributed by atoms with Crippen molar-refractivity contribution in [2.45, 2.75) is 6.61 Å². The molecular weight excluding hydrogens is 332 g/mol. The number of aromatic nitrogens is 2. The van der Waals surface area contributed by atoms with E-state index < -0.39 is 5.63 Å². The number of para-hydroxylation sites is 1. The molecule has 26 heavy (non-hydrogen) atoms. The van der Waals surface area contributed by atoms with Gasteiger partial charge in [0, 0.05) is 28.6 Å². The molecule has 0 amide bonds. The summed E-state index contributed by atoms with van der Waals surface area (Å²) in [5, 5.41) is 0.810. The number of nitrogens with zero attached hydrogens (tertiary/aromatic N) is 1. The van der Waals surface area contributed by atoms with Gasteiger partial charge in [-0.05, 0) is 24.3 Å². The normalized spacial score (nSPS) is 10.8.